The van der Waals surface area contributed by atoms with Crippen molar-refractivity contribution in [1.82, 2.24) is 9.88 Å². The van der Waals surface area contributed by atoms with Gasteiger partial charge in [-0.05, 0) is 71.1 Å². The first kappa shape index (κ1) is 22.7. The highest BCUT2D eigenvalue weighted by Crippen LogP contribution is 2.55. The van der Waals surface area contributed by atoms with Crippen molar-refractivity contribution >= 4 is 28.0 Å². The molecule has 1 saturated heterocycles. The molecule has 7 nitrogen and oxygen atoms in total. The Balaban J connectivity index is 1.47. The van der Waals surface area contributed by atoms with Crippen LogP contribution in [-0.4, -0.2) is 46.7 Å². The predicted molar refractivity (Wildman–Crippen MR) is 121 cm³/mol. The van der Waals surface area contributed by atoms with Gasteiger partial charge in [-0.2, -0.15) is 0 Å². The molecule has 170 valence electrons. The highest BCUT2D eigenvalue weighted by atomic mass is 79.9. The molecule has 1 aromatic carbocycles. The lowest BCUT2D eigenvalue weighted by atomic mass is 9.77. The molecule has 0 radical (unpaired) electrons. The summed E-state index contributed by atoms with van der Waals surface area (Å²) in [7, 11) is 0. The molecule has 0 bridgehead atoms. The van der Waals surface area contributed by atoms with Crippen LogP contribution in [0.2, 0.25) is 0 Å². The number of nitrogens with zero attached hydrogens (tertiary/aromatic N) is 2. The fourth-order valence-electron chi connectivity index (χ4n) is 5.03. The zero-order valence-corrected chi connectivity index (χ0v) is 19.4. The van der Waals surface area contributed by atoms with E-state index in [2.05, 4.69) is 20.9 Å². The molecular weight excluding hydrogens is 476 g/mol. The maximum Gasteiger partial charge on any atom is 0.410 e. The summed E-state index contributed by atoms with van der Waals surface area (Å²) in [6, 6.07) is 13.4. The molecule has 32 heavy (non-hydrogen) atoms. The van der Waals surface area contributed by atoms with Crippen molar-refractivity contribution in [3.63, 3.8) is 0 Å². The van der Waals surface area contributed by atoms with Crippen molar-refractivity contribution < 1.29 is 24.2 Å². The van der Waals surface area contributed by atoms with E-state index in [9.17, 15) is 14.7 Å². The van der Waals surface area contributed by atoms with Gasteiger partial charge in [-0.1, -0.05) is 30.3 Å². The highest BCUT2D eigenvalue weighted by molar-refractivity contribution is 9.10. The van der Waals surface area contributed by atoms with Gasteiger partial charge in [0.25, 0.3) is 0 Å². The lowest BCUT2D eigenvalue weighted by Gasteiger charge is -2.41. The molecule has 2 unspecified atom stereocenters. The number of halogens is 1. The number of benzene rings is 1. The Morgan fingerprint density at radius 2 is 1.94 bits per heavy atom. The second kappa shape index (κ2) is 9.58. The van der Waals surface area contributed by atoms with Gasteiger partial charge in [0.15, 0.2) is 0 Å². The van der Waals surface area contributed by atoms with E-state index in [-0.39, 0.29) is 24.7 Å². The molecule has 2 aromatic rings. The average molecular weight is 503 g/mol. The Hall–Kier alpha value is -2.45. The van der Waals surface area contributed by atoms with Gasteiger partial charge in [-0.3, -0.25) is 4.98 Å². The van der Waals surface area contributed by atoms with Crippen molar-refractivity contribution in [1.29, 1.82) is 0 Å². The van der Waals surface area contributed by atoms with Crippen LogP contribution in [0.5, 0.6) is 0 Å². The number of rotatable bonds is 6. The van der Waals surface area contributed by atoms with Crippen molar-refractivity contribution in [3.05, 3.63) is 64.4 Å². The molecule has 1 spiro atoms. The van der Waals surface area contributed by atoms with Crippen LogP contribution in [0.25, 0.3) is 0 Å². The number of likely N-dealkylation sites (tertiary alicyclic amines) is 1. The zero-order chi connectivity index (χ0) is 22.6. The molecule has 8 heteroatoms. The van der Waals surface area contributed by atoms with E-state index in [1.165, 1.54) is 0 Å². The summed E-state index contributed by atoms with van der Waals surface area (Å²) in [5.41, 5.74) is 0.784. The number of carbonyl (C=O) groups excluding carboxylic acids is 1. The molecule has 1 aliphatic carbocycles. The minimum Gasteiger partial charge on any atom is -0.480 e. The SMILES string of the molecule is O=C(O)COC1(c2ccc(Br)cn2)CCC2(CCCN(C(=O)OCc3ccccc3)C2)C1. The number of amides is 1. The molecule has 1 aliphatic heterocycles. The number of carbonyl (C=O) groups is 2. The number of aliphatic carboxylic acids is 1. The highest BCUT2D eigenvalue weighted by Gasteiger charge is 2.53. The summed E-state index contributed by atoms with van der Waals surface area (Å²) in [6.07, 6.45) is 5.38. The van der Waals surface area contributed by atoms with Crippen LogP contribution in [0, 0.1) is 5.41 Å². The van der Waals surface area contributed by atoms with E-state index in [4.69, 9.17) is 9.47 Å². The summed E-state index contributed by atoms with van der Waals surface area (Å²) < 4.78 is 12.4. The van der Waals surface area contributed by atoms with E-state index < -0.39 is 11.6 Å². The molecule has 1 amide bonds. The number of aromatic nitrogens is 1. The third-order valence-electron chi connectivity index (χ3n) is 6.51. The lowest BCUT2D eigenvalue weighted by molar-refractivity contribution is -0.151. The van der Waals surface area contributed by atoms with Gasteiger partial charge in [0.1, 0.15) is 18.8 Å². The van der Waals surface area contributed by atoms with Gasteiger partial charge in [-0.15, -0.1) is 0 Å². The molecule has 2 atom stereocenters. The number of hydrogen-bond donors (Lipinski definition) is 1. The van der Waals surface area contributed by atoms with E-state index >= 15 is 0 Å². The van der Waals surface area contributed by atoms with E-state index in [1.807, 2.05) is 42.5 Å². The Kier molecular flexibility index (Phi) is 6.81. The normalized spacial score (nSPS) is 25.1. The Morgan fingerprint density at radius 1 is 1.12 bits per heavy atom. The molecule has 2 aliphatic rings. The first-order valence-corrected chi connectivity index (χ1v) is 11.6. The van der Waals surface area contributed by atoms with Crippen LogP contribution >= 0.6 is 15.9 Å². The topological polar surface area (TPSA) is 89.0 Å². The van der Waals surface area contributed by atoms with Gasteiger partial charge in [-0.25, -0.2) is 9.59 Å². The smallest absolute Gasteiger partial charge is 0.410 e. The molecule has 4 rings (SSSR count). The summed E-state index contributed by atoms with van der Waals surface area (Å²) in [5, 5.41) is 9.23. The number of carboxylic acids is 1. The van der Waals surface area contributed by atoms with Crippen molar-refractivity contribution in [2.24, 2.45) is 5.41 Å². The fourth-order valence-corrected chi connectivity index (χ4v) is 5.27. The summed E-state index contributed by atoms with van der Waals surface area (Å²) >= 11 is 3.40. The minimum absolute atomic E-state index is 0.142. The quantitative estimate of drug-likeness (QED) is 0.613. The molecule has 1 N–H and O–H groups in total. The van der Waals surface area contributed by atoms with Gasteiger partial charge in [0.05, 0.1) is 5.69 Å². The van der Waals surface area contributed by atoms with Crippen LogP contribution in [0.3, 0.4) is 0 Å². The third kappa shape index (κ3) is 5.13. The predicted octanol–water partition coefficient (Wildman–Crippen LogP) is 4.74. The van der Waals surface area contributed by atoms with Gasteiger partial charge >= 0.3 is 12.1 Å². The van der Waals surface area contributed by atoms with Crippen LogP contribution in [0.4, 0.5) is 4.79 Å². The minimum atomic E-state index is -1.00. The number of ether oxygens (including phenoxy) is 2. The number of piperidine rings is 1. The van der Waals surface area contributed by atoms with Crippen LogP contribution in [-0.2, 0) is 26.5 Å². The average Bonchev–Trinajstić information content (AvgIpc) is 3.16. The second-order valence-corrected chi connectivity index (χ2v) is 9.70. The number of pyridine rings is 1. The molecule has 1 aromatic heterocycles. The van der Waals surface area contributed by atoms with Gasteiger partial charge < -0.3 is 19.5 Å². The lowest BCUT2D eigenvalue weighted by Crippen LogP contribution is -2.46. The van der Waals surface area contributed by atoms with Crippen molar-refractivity contribution in [3.8, 4) is 0 Å². The van der Waals surface area contributed by atoms with E-state index in [1.54, 1.807) is 11.1 Å². The Labute approximate surface area is 195 Å². The second-order valence-electron chi connectivity index (χ2n) is 8.78. The largest absolute Gasteiger partial charge is 0.480 e. The maximum atomic E-state index is 12.8. The Morgan fingerprint density at radius 3 is 2.66 bits per heavy atom. The van der Waals surface area contributed by atoms with Crippen LogP contribution in [0.1, 0.15) is 43.4 Å². The first-order valence-electron chi connectivity index (χ1n) is 10.8. The monoisotopic (exact) mass is 502 g/mol. The maximum absolute atomic E-state index is 12.8. The van der Waals surface area contributed by atoms with Crippen molar-refractivity contribution in [2.75, 3.05) is 19.7 Å². The van der Waals surface area contributed by atoms with Gasteiger partial charge in [0.2, 0.25) is 0 Å². The number of carboxylic acid groups (broad SMARTS) is 1. The van der Waals surface area contributed by atoms with Crippen LogP contribution < -0.4 is 0 Å². The molecule has 2 heterocycles. The standard InChI is InChI=1S/C24H27BrN2O5/c25-19-7-8-20(26-13-19)24(32-15-21(28)29)11-10-23(16-24)9-4-12-27(17-23)22(30)31-14-18-5-2-1-3-6-18/h1-3,5-8,13H,4,9-12,14-17H2,(H,28,29). The van der Waals surface area contributed by atoms with Gasteiger partial charge in [0, 0.05) is 23.8 Å². The van der Waals surface area contributed by atoms with E-state index in [0.29, 0.717) is 25.9 Å². The fraction of sp³-hybridized carbons (Fsp3) is 0.458. The number of hydrogen-bond acceptors (Lipinski definition) is 5. The summed E-state index contributed by atoms with van der Waals surface area (Å²) in [5.74, 6) is -1.00. The first-order chi connectivity index (χ1) is 15.4. The Bertz CT molecular complexity index is 955. The summed E-state index contributed by atoms with van der Waals surface area (Å²) in [6.45, 7) is 1.11. The molecular formula is C24H27BrN2O5. The molecule has 2 fully saturated rings. The third-order valence-corrected chi connectivity index (χ3v) is 6.98. The summed E-state index contributed by atoms with van der Waals surface area (Å²) in [4.78, 5) is 30.4. The van der Waals surface area contributed by atoms with E-state index in [0.717, 1.165) is 35.0 Å². The zero-order valence-electron chi connectivity index (χ0n) is 17.8. The van der Waals surface area contributed by atoms with Crippen molar-refractivity contribution in [2.45, 2.75) is 44.3 Å². The van der Waals surface area contributed by atoms with Crippen LogP contribution in [0.15, 0.2) is 53.1 Å². The molecule has 1 saturated carbocycles.